The maximum absolute atomic E-state index is 11.4. The van der Waals surface area contributed by atoms with Crippen LogP contribution in [-0.2, 0) is 4.79 Å². The molecule has 1 nitrogen and oxygen atoms in total. The number of carbonyl (C=O) groups excluding carboxylic acids is 1. The molecule has 0 aliphatic heterocycles. The summed E-state index contributed by atoms with van der Waals surface area (Å²) in [4.78, 5) is 12.6. The lowest BCUT2D eigenvalue weighted by molar-refractivity contribution is -0.116. The second-order valence-electron chi connectivity index (χ2n) is 3.28. The SMILES string of the molecule is O=C1CCCC1Sc1ccccc1. The van der Waals surface area contributed by atoms with Crippen LogP contribution in [0.25, 0.3) is 0 Å². The molecule has 0 bridgehead atoms. The molecular formula is C11H12OS. The van der Waals surface area contributed by atoms with Crippen LogP contribution in [0.1, 0.15) is 19.3 Å². The van der Waals surface area contributed by atoms with E-state index in [9.17, 15) is 4.79 Å². The Bertz CT molecular complexity index is 294. The number of ketones is 1. The van der Waals surface area contributed by atoms with Gasteiger partial charge in [-0.25, -0.2) is 0 Å². The maximum atomic E-state index is 11.4. The fraction of sp³-hybridized carbons (Fsp3) is 0.364. The number of carbonyl (C=O) groups is 1. The Morgan fingerprint density at radius 3 is 2.62 bits per heavy atom. The zero-order valence-electron chi connectivity index (χ0n) is 7.40. The number of thioether (sulfide) groups is 1. The zero-order chi connectivity index (χ0) is 9.10. The largest absolute Gasteiger partial charge is 0.298 e. The molecule has 0 heterocycles. The molecule has 2 heteroatoms. The van der Waals surface area contributed by atoms with Gasteiger partial charge in [-0.15, -0.1) is 11.8 Å². The summed E-state index contributed by atoms with van der Waals surface area (Å²) in [5.74, 6) is 0.425. The van der Waals surface area contributed by atoms with Crippen LogP contribution in [0.15, 0.2) is 35.2 Å². The number of hydrogen-bond acceptors (Lipinski definition) is 2. The maximum Gasteiger partial charge on any atom is 0.146 e. The highest BCUT2D eigenvalue weighted by atomic mass is 32.2. The molecule has 1 aromatic carbocycles. The first-order valence-corrected chi connectivity index (χ1v) is 5.48. The van der Waals surface area contributed by atoms with Crippen molar-refractivity contribution in [2.45, 2.75) is 29.4 Å². The second kappa shape index (κ2) is 3.97. The highest BCUT2D eigenvalue weighted by molar-refractivity contribution is 8.00. The molecule has 0 N–H and O–H groups in total. The standard InChI is InChI=1S/C11H12OS/c12-10-7-4-8-11(10)13-9-5-2-1-3-6-9/h1-3,5-6,11H,4,7-8H2. The van der Waals surface area contributed by atoms with E-state index in [1.54, 1.807) is 11.8 Å². The Balaban J connectivity index is 2.02. The van der Waals surface area contributed by atoms with E-state index in [1.165, 1.54) is 4.90 Å². The van der Waals surface area contributed by atoms with Crippen LogP contribution in [-0.4, -0.2) is 11.0 Å². The number of rotatable bonds is 2. The summed E-state index contributed by atoms with van der Waals surface area (Å²) in [6.07, 6.45) is 2.91. The van der Waals surface area contributed by atoms with Crippen molar-refractivity contribution in [2.24, 2.45) is 0 Å². The van der Waals surface area contributed by atoms with Gasteiger partial charge in [0.25, 0.3) is 0 Å². The first-order chi connectivity index (χ1) is 6.36. The average molecular weight is 192 g/mol. The zero-order valence-corrected chi connectivity index (χ0v) is 8.22. The summed E-state index contributed by atoms with van der Waals surface area (Å²) in [6.45, 7) is 0. The molecule has 1 saturated carbocycles. The van der Waals surface area contributed by atoms with E-state index in [0.717, 1.165) is 19.3 Å². The molecule has 1 unspecified atom stereocenters. The molecule has 1 aliphatic rings. The lowest BCUT2D eigenvalue weighted by Crippen LogP contribution is -2.07. The highest BCUT2D eigenvalue weighted by Gasteiger charge is 2.24. The Morgan fingerprint density at radius 2 is 2.00 bits per heavy atom. The van der Waals surface area contributed by atoms with Gasteiger partial charge in [-0.3, -0.25) is 4.79 Å². The molecule has 1 fully saturated rings. The number of benzene rings is 1. The highest BCUT2D eigenvalue weighted by Crippen LogP contribution is 2.31. The monoisotopic (exact) mass is 192 g/mol. The van der Waals surface area contributed by atoms with Gasteiger partial charge in [-0.05, 0) is 25.0 Å². The van der Waals surface area contributed by atoms with Gasteiger partial charge in [0.2, 0.25) is 0 Å². The first-order valence-electron chi connectivity index (χ1n) is 4.61. The second-order valence-corrected chi connectivity index (χ2v) is 4.55. The summed E-state index contributed by atoms with van der Waals surface area (Å²) in [6, 6.07) is 10.2. The van der Waals surface area contributed by atoms with E-state index in [1.807, 2.05) is 18.2 Å². The summed E-state index contributed by atoms with van der Waals surface area (Å²) in [5, 5.41) is 0.224. The summed E-state index contributed by atoms with van der Waals surface area (Å²) in [7, 11) is 0. The van der Waals surface area contributed by atoms with Crippen molar-refractivity contribution in [3.05, 3.63) is 30.3 Å². The normalized spacial score (nSPS) is 22.2. The van der Waals surface area contributed by atoms with Gasteiger partial charge >= 0.3 is 0 Å². The van der Waals surface area contributed by atoms with Crippen LogP contribution >= 0.6 is 11.8 Å². The Morgan fingerprint density at radius 1 is 1.23 bits per heavy atom. The Kier molecular flexibility index (Phi) is 2.69. The van der Waals surface area contributed by atoms with Crippen molar-refractivity contribution < 1.29 is 4.79 Å². The molecule has 1 atom stereocenters. The fourth-order valence-corrected chi connectivity index (χ4v) is 2.75. The van der Waals surface area contributed by atoms with Gasteiger partial charge < -0.3 is 0 Å². The quantitative estimate of drug-likeness (QED) is 0.716. The van der Waals surface area contributed by atoms with E-state index in [-0.39, 0.29) is 5.25 Å². The predicted octanol–water partition coefficient (Wildman–Crippen LogP) is 2.90. The Labute approximate surface area is 82.5 Å². The van der Waals surface area contributed by atoms with Gasteiger partial charge in [-0.2, -0.15) is 0 Å². The molecule has 0 spiro atoms. The number of hydrogen-bond donors (Lipinski definition) is 0. The fourth-order valence-electron chi connectivity index (χ4n) is 1.57. The number of Topliss-reactive ketones (excluding diaryl/α,β-unsaturated/α-hetero) is 1. The average Bonchev–Trinajstić information content (AvgIpc) is 2.54. The van der Waals surface area contributed by atoms with Gasteiger partial charge in [0.05, 0.1) is 5.25 Å². The molecule has 1 aromatic rings. The molecule has 1 aliphatic carbocycles. The van der Waals surface area contributed by atoms with Crippen molar-refractivity contribution in [1.29, 1.82) is 0 Å². The molecule has 0 saturated heterocycles. The van der Waals surface area contributed by atoms with E-state index in [0.29, 0.717) is 5.78 Å². The molecule has 2 rings (SSSR count). The van der Waals surface area contributed by atoms with Crippen LogP contribution in [0.2, 0.25) is 0 Å². The smallest absolute Gasteiger partial charge is 0.146 e. The van der Waals surface area contributed by atoms with Gasteiger partial charge in [0, 0.05) is 11.3 Å². The van der Waals surface area contributed by atoms with Gasteiger partial charge in [-0.1, -0.05) is 18.2 Å². The molecule has 0 aromatic heterocycles. The molecule has 68 valence electrons. The van der Waals surface area contributed by atoms with Crippen LogP contribution < -0.4 is 0 Å². The predicted molar refractivity (Wildman–Crippen MR) is 54.9 cm³/mol. The Hall–Kier alpha value is -0.760. The minimum Gasteiger partial charge on any atom is -0.298 e. The molecule has 13 heavy (non-hydrogen) atoms. The van der Waals surface area contributed by atoms with E-state index in [4.69, 9.17) is 0 Å². The van der Waals surface area contributed by atoms with Crippen LogP contribution in [0, 0.1) is 0 Å². The summed E-state index contributed by atoms with van der Waals surface area (Å²) in [5.41, 5.74) is 0. The lowest BCUT2D eigenvalue weighted by atomic mass is 10.3. The van der Waals surface area contributed by atoms with Crippen LogP contribution in [0.3, 0.4) is 0 Å². The molecule has 0 amide bonds. The van der Waals surface area contributed by atoms with Crippen molar-refractivity contribution in [3.63, 3.8) is 0 Å². The third kappa shape index (κ3) is 2.13. The lowest BCUT2D eigenvalue weighted by Gasteiger charge is -2.06. The topological polar surface area (TPSA) is 17.1 Å². The van der Waals surface area contributed by atoms with Crippen molar-refractivity contribution in [1.82, 2.24) is 0 Å². The van der Waals surface area contributed by atoms with Crippen LogP contribution in [0.4, 0.5) is 0 Å². The molecular weight excluding hydrogens is 180 g/mol. The third-order valence-electron chi connectivity index (χ3n) is 2.27. The van der Waals surface area contributed by atoms with E-state index < -0.39 is 0 Å². The van der Waals surface area contributed by atoms with Gasteiger partial charge in [0.1, 0.15) is 5.78 Å². The van der Waals surface area contributed by atoms with Crippen molar-refractivity contribution >= 4 is 17.5 Å². The minimum atomic E-state index is 0.224. The first kappa shape index (κ1) is 8.82. The summed E-state index contributed by atoms with van der Waals surface area (Å²) < 4.78 is 0. The van der Waals surface area contributed by atoms with Crippen molar-refractivity contribution in [3.8, 4) is 0 Å². The summed E-state index contributed by atoms with van der Waals surface area (Å²) >= 11 is 1.71. The van der Waals surface area contributed by atoms with Gasteiger partial charge in [0.15, 0.2) is 0 Å². The third-order valence-corrected chi connectivity index (χ3v) is 3.60. The molecule has 0 radical (unpaired) electrons. The minimum absolute atomic E-state index is 0.224. The van der Waals surface area contributed by atoms with Crippen LogP contribution in [0.5, 0.6) is 0 Å². The van der Waals surface area contributed by atoms with Crippen molar-refractivity contribution in [2.75, 3.05) is 0 Å². The van der Waals surface area contributed by atoms with E-state index in [2.05, 4.69) is 12.1 Å². The van der Waals surface area contributed by atoms with E-state index >= 15 is 0 Å².